The van der Waals surface area contributed by atoms with Gasteiger partial charge in [0.1, 0.15) is 11.4 Å². The highest BCUT2D eigenvalue weighted by Gasteiger charge is 2.64. The Hall–Kier alpha value is -2.58. The minimum Gasteiger partial charge on any atom is -0.459 e. The molecular formula is C28H35F3O6. The molecule has 37 heavy (non-hydrogen) atoms. The van der Waals surface area contributed by atoms with Crippen LogP contribution in [0.2, 0.25) is 0 Å². The van der Waals surface area contributed by atoms with Gasteiger partial charge in [0.05, 0.1) is 0 Å². The van der Waals surface area contributed by atoms with E-state index in [4.69, 9.17) is 14.2 Å². The summed E-state index contributed by atoms with van der Waals surface area (Å²) in [4.78, 5) is 35.3. The zero-order valence-corrected chi connectivity index (χ0v) is 22.2. The van der Waals surface area contributed by atoms with Gasteiger partial charge in [-0.25, -0.2) is 0 Å². The third-order valence-corrected chi connectivity index (χ3v) is 9.58. The van der Waals surface area contributed by atoms with Crippen LogP contribution in [-0.4, -0.2) is 29.7 Å². The predicted octanol–water partition coefficient (Wildman–Crippen LogP) is 6.32. The van der Waals surface area contributed by atoms with E-state index in [-0.39, 0.29) is 46.9 Å². The Bertz CT molecular complexity index is 1120. The zero-order chi connectivity index (χ0) is 27.6. The number of carbonyl (C=O) groups excluding carboxylic acids is 3. The van der Waals surface area contributed by atoms with E-state index >= 15 is 0 Å². The van der Waals surface area contributed by atoms with Crippen molar-refractivity contribution in [3.05, 3.63) is 34.8 Å². The van der Waals surface area contributed by atoms with E-state index in [0.29, 0.717) is 0 Å². The minimum atomic E-state index is -4.95. The van der Waals surface area contributed by atoms with Crippen molar-refractivity contribution in [3.8, 4) is 0 Å². The van der Waals surface area contributed by atoms with Gasteiger partial charge >= 0.3 is 24.1 Å². The van der Waals surface area contributed by atoms with Crippen LogP contribution in [0.5, 0.6) is 0 Å². The van der Waals surface area contributed by atoms with Crippen LogP contribution in [0.4, 0.5) is 13.2 Å². The first-order valence-electron chi connectivity index (χ1n) is 12.8. The number of halogens is 3. The summed E-state index contributed by atoms with van der Waals surface area (Å²) < 4.78 is 58.1. The summed E-state index contributed by atoms with van der Waals surface area (Å²) in [6, 6.07) is 0. The molecule has 0 aromatic rings. The van der Waals surface area contributed by atoms with Gasteiger partial charge in [-0.3, -0.25) is 14.4 Å². The molecule has 4 aliphatic carbocycles. The lowest BCUT2D eigenvalue weighted by Crippen LogP contribution is -2.54. The molecule has 0 heterocycles. The van der Waals surface area contributed by atoms with Crippen LogP contribution in [-0.2, 0) is 28.6 Å². The van der Waals surface area contributed by atoms with Crippen molar-refractivity contribution in [2.45, 2.75) is 91.8 Å². The molecule has 4 aliphatic rings. The highest BCUT2D eigenvalue weighted by molar-refractivity contribution is 5.70. The Morgan fingerprint density at radius 1 is 0.946 bits per heavy atom. The summed E-state index contributed by atoms with van der Waals surface area (Å²) in [7, 11) is 0. The quantitative estimate of drug-likeness (QED) is 0.244. The molecule has 0 unspecified atom stereocenters. The number of fused-ring (bicyclic) bond motifs is 5. The summed E-state index contributed by atoms with van der Waals surface area (Å²) in [5, 5.41) is 0. The van der Waals surface area contributed by atoms with Crippen molar-refractivity contribution in [1.82, 2.24) is 0 Å². The fourth-order valence-electron chi connectivity index (χ4n) is 7.84. The molecule has 4 rings (SSSR count). The molecule has 0 N–H and O–H groups in total. The van der Waals surface area contributed by atoms with Gasteiger partial charge in [0.25, 0.3) is 0 Å². The van der Waals surface area contributed by atoms with E-state index in [0.717, 1.165) is 51.5 Å². The summed E-state index contributed by atoms with van der Waals surface area (Å²) in [5.41, 5.74) is -0.980. The lowest BCUT2D eigenvalue weighted by atomic mass is 9.47. The van der Waals surface area contributed by atoms with Crippen LogP contribution in [0.1, 0.15) is 80.1 Å². The maximum atomic E-state index is 14.1. The molecule has 0 radical (unpaired) electrons. The average Bonchev–Trinajstić information content (AvgIpc) is 3.00. The second kappa shape index (κ2) is 9.02. The lowest BCUT2D eigenvalue weighted by molar-refractivity contribution is -0.176. The van der Waals surface area contributed by atoms with E-state index in [1.54, 1.807) is 0 Å². The van der Waals surface area contributed by atoms with Crippen LogP contribution in [0.15, 0.2) is 34.8 Å². The second-order valence-corrected chi connectivity index (χ2v) is 11.7. The number of esters is 3. The maximum absolute atomic E-state index is 14.1. The van der Waals surface area contributed by atoms with Crippen LogP contribution < -0.4 is 0 Å². The number of carbonyl (C=O) groups is 3. The molecule has 9 heteroatoms. The third-order valence-electron chi connectivity index (χ3n) is 9.58. The first-order chi connectivity index (χ1) is 17.0. The highest BCUT2D eigenvalue weighted by Crippen LogP contribution is 2.68. The van der Waals surface area contributed by atoms with Crippen LogP contribution >= 0.6 is 0 Å². The second-order valence-electron chi connectivity index (χ2n) is 11.7. The first kappa shape index (κ1) is 27.5. The van der Waals surface area contributed by atoms with Crippen molar-refractivity contribution >= 4 is 17.9 Å². The van der Waals surface area contributed by atoms with Crippen molar-refractivity contribution in [2.24, 2.45) is 28.6 Å². The number of allylic oxidation sites excluding steroid dienone is 5. The molecule has 2 saturated carbocycles. The molecule has 6 nitrogen and oxygen atoms in total. The molecule has 0 bridgehead atoms. The van der Waals surface area contributed by atoms with Crippen molar-refractivity contribution in [2.75, 3.05) is 0 Å². The first-order valence-corrected chi connectivity index (χ1v) is 12.8. The fourth-order valence-corrected chi connectivity index (χ4v) is 7.84. The zero-order valence-electron chi connectivity index (χ0n) is 22.2. The topological polar surface area (TPSA) is 78.9 Å². The minimum absolute atomic E-state index is 0.0576. The number of ether oxygens (including phenoxy) is 3. The predicted molar refractivity (Wildman–Crippen MR) is 127 cm³/mol. The van der Waals surface area contributed by atoms with E-state index in [2.05, 4.69) is 6.92 Å². The number of hydrogen-bond acceptors (Lipinski definition) is 6. The number of rotatable bonds is 3. The SMILES string of the molecule is CC(=O)OC1=CC2=CC[C@@H]3[C@H](CC[C@@]4(C)[C@H]3CC[C@]4(C)OC(C)=O)[C@@]2(C)C/C1=C(/OC(C)=O)C(F)(F)F. The van der Waals surface area contributed by atoms with E-state index in [1.807, 2.05) is 19.9 Å². The number of hydrogen-bond donors (Lipinski definition) is 0. The molecular weight excluding hydrogens is 489 g/mol. The Morgan fingerprint density at radius 2 is 1.59 bits per heavy atom. The monoisotopic (exact) mass is 524 g/mol. The summed E-state index contributed by atoms with van der Waals surface area (Å²) in [6.45, 7) is 9.61. The summed E-state index contributed by atoms with van der Waals surface area (Å²) in [6.07, 6.45) is 2.42. The molecule has 0 aromatic carbocycles. The normalized spacial score (nSPS) is 38.2. The van der Waals surface area contributed by atoms with Gasteiger partial charge in [0, 0.05) is 31.8 Å². The summed E-state index contributed by atoms with van der Waals surface area (Å²) in [5.74, 6) is -3.33. The Kier molecular flexibility index (Phi) is 6.69. The molecule has 0 spiro atoms. The molecule has 0 aromatic heterocycles. The van der Waals surface area contributed by atoms with Gasteiger partial charge in [-0.1, -0.05) is 19.9 Å². The molecule has 0 saturated heterocycles. The highest BCUT2D eigenvalue weighted by atomic mass is 19.4. The molecule has 204 valence electrons. The van der Waals surface area contributed by atoms with Gasteiger partial charge < -0.3 is 14.2 Å². The Labute approximate surface area is 215 Å². The van der Waals surface area contributed by atoms with Crippen LogP contribution in [0.3, 0.4) is 0 Å². The van der Waals surface area contributed by atoms with Crippen molar-refractivity contribution in [3.63, 3.8) is 0 Å². The fraction of sp³-hybridized carbons (Fsp3) is 0.679. The molecule has 0 aliphatic heterocycles. The van der Waals surface area contributed by atoms with Gasteiger partial charge in [0.2, 0.25) is 5.76 Å². The van der Waals surface area contributed by atoms with Crippen LogP contribution in [0, 0.1) is 28.6 Å². The van der Waals surface area contributed by atoms with Gasteiger partial charge in [-0.05, 0) is 80.3 Å². The summed E-state index contributed by atoms with van der Waals surface area (Å²) >= 11 is 0. The molecule has 0 amide bonds. The Morgan fingerprint density at radius 3 is 2.16 bits per heavy atom. The Balaban J connectivity index is 1.79. The van der Waals surface area contributed by atoms with Gasteiger partial charge in [0.15, 0.2) is 0 Å². The molecule has 2 fully saturated rings. The van der Waals surface area contributed by atoms with E-state index < -0.39 is 34.9 Å². The molecule has 6 atom stereocenters. The largest absolute Gasteiger partial charge is 0.459 e. The maximum Gasteiger partial charge on any atom is 0.450 e. The standard InChI is InChI=1S/C28H35F3O6/c1-15(32)35-23-13-18-7-8-19-21(9-11-26(5)22(19)10-12-27(26,6)37-17(3)34)25(18,4)14-20(23)24(28(29,30)31)36-16(2)33/h7,13,19,21-22H,8-12,14H2,1-6H3/b24-20-/t19-,21+,22+,25+,26+,27+/m1/s1. The van der Waals surface area contributed by atoms with E-state index in [1.165, 1.54) is 13.0 Å². The third kappa shape index (κ3) is 4.52. The van der Waals surface area contributed by atoms with Crippen molar-refractivity contribution < 1.29 is 41.8 Å². The average molecular weight is 525 g/mol. The number of alkyl halides is 3. The van der Waals surface area contributed by atoms with Gasteiger partial charge in [-0.15, -0.1) is 0 Å². The lowest BCUT2D eigenvalue weighted by Gasteiger charge is -2.58. The van der Waals surface area contributed by atoms with Crippen LogP contribution in [0.25, 0.3) is 0 Å². The van der Waals surface area contributed by atoms with Gasteiger partial charge in [-0.2, -0.15) is 13.2 Å². The smallest absolute Gasteiger partial charge is 0.450 e. The van der Waals surface area contributed by atoms with Crippen molar-refractivity contribution in [1.29, 1.82) is 0 Å². The van der Waals surface area contributed by atoms with E-state index in [9.17, 15) is 27.6 Å².